The number of H-pyrrole nitrogens is 1. The average Bonchev–Trinajstić information content (AvgIpc) is 3.25. The highest BCUT2D eigenvalue weighted by Crippen LogP contribution is 2.35. The molecule has 0 spiro atoms. The second-order valence-corrected chi connectivity index (χ2v) is 7.47. The van der Waals surface area contributed by atoms with E-state index in [2.05, 4.69) is 30.6 Å². The van der Waals surface area contributed by atoms with Crippen molar-refractivity contribution >= 4 is 28.6 Å². The molecule has 4 heterocycles. The number of amides is 1. The fourth-order valence-electron chi connectivity index (χ4n) is 3.61. The van der Waals surface area contributed by atoms with Gasteiger partial charge < -0.3 is 29.8 Å². The summed E-state index contributed by atoms with van der Waals surface area (Å²) in [6, 6.07) is 9.01. The van der Waals surface area contributed by atoms with Crippen LogP contribution in [0.3, 0.4) is 0 Å². The van der Waals surface area contributed by atoms with E-state index >= 15 is 0 Å². The van der Waals surface area contributed by atoms with E-state index in [0.29, 0.717) is 47.7 Å². The summed E-state index contributed by atoms with van der Waals surface area (Å²) in [5.74, 6) is 1.06. The zero-order valence-electron chi connectivity index (χ0n) is 18.1. The Bertz CT molecular complexity index is 1300. The van der Waals surface area contributed by atoms with Gasteiger partial charge in [0, 0.05) is 29.7 Å². The maximum Gasteiger partial charge on any atom is 0.251 e. The molecule has 4 aromatic rings. The van der Waals surface area contributed by atoms with Gasteiger partial charge in [0.05, 0.1) is 44.5 Å². The van der Waals surface area contributed by atoms with Crippen LogP contribution < -0.4 is 20.1 Å². The van der Waals surface area contributed by atoms with Crippen molar-refractivity contribution < 1.29 is 19.0 Å². The van der Waals surface area contributed by atoms with E-state index < -0.39 is 0 Å². The molecule has 1 aliphatic rings. The molecule has 1 saturated heterocycles. The summed E-state index contributed by atoms with van der Waals surface area (Å²) >= 11 is 0. The van der Waals surface area contributed by atoms with Crippen LogP contribution in [0.2, 0.25) is 0 Å². The number of carbonyl (C=O) groups excluding carboxylic acids is 1. The Hall–Kier alpha value is -4.18. The molecule has 0 bridgehead atoms. The Morgan fingerprint density at radius 2 is 1.94 bits per heavy atom. The number of methoxy groups -OCH3 is 2. The first-order chi connectivity index (χ1) is 16.2. The van der Waals surface area contributed by atoms with Crippen LogP contribution in [-0.4, -0.2) is 59.3 Å². The zero-order valence-corrected chi connectivity index (χ0v) is 18.1. The molecule has 33 heavy (non-hydrogen) atoms. The minimum absolute atomic E-state index is 0.0479. The molecule has 3 aromatic heterocycles. The molecule has 1 amide bonds. The number of hydrogen-bond acceptors (Lipinski definition) is 8. The smallest absolute Gasteiger partial charge is 0.251 e. The molecule has 10 heteroatoms. The maximum absolute atomic E-state index is 12.4. The molecule has 168 valence electrons. The lowest BCUT2D eigenvalue weighted by Gasteiger charge is -2.26. The summed E-state index contributed by atoms with van der Waals surface area (Å²) in [7, 11) is 3.11. The third-order valence-corrected chi connectivity index (χ3v) is 5.37. The molecule has 10 nitrogen and oxygen atoms in total. The zero-order chi connectivity index (χ0) is 22.8. The highest BCUT2D eigenvalue weighted by atomic mass is 16.5. The van der Waals surface area contributed by atoms with E-state index in [1.54, 1.807) is 44.8 Å². The molecule has 1 fully saturated rings. The molecule has 0 unspecified atom stereocenters. The predicted molar refractivity (Wildman–Crippen MR) is 122 cm³/mol. The van der Waals surface area contributed by atoms with E-state index in [0.717, 1.165) is 16.5 Å². The number of nitrogens with one attached hydrogen (secondary N) is 3. The largest absolute Gasteiger partial charge is 0.495 e. The van der Waals surface area contributed by atoms with Crippen LogP contribution in [0.4, 0.5) is 11.6 Å². The van der Waals surface area contributed by atoms with Gasteiger partial charge in [-0.1, -0.05) is 0 Å². The maximum atomic E-state index is 12.4. The molecule has 1 aliphatic heterocycles. The minimum Gasteiger partial charge on any atom is -0.495 e. The van der Waals surface area contributed by atoms with Crippen LogP contribution in [0.15, 0.2) is 48.9 Å². The van der Waals surface area contributed by atoms with Crippen molar-refractivity contribution in [3.63, 3.8) is 0 Å². The van der Waals surface area contributed by atoms with E-state index in [4.69, 9.17) is 14.2 Å². The van der Waals surface area contributed by atoms with Crippen LogP contribution in [0.1, 0.15) is 10.4 Å². The number of ether oxygens (including phenoxy) is 3. The number of fused-ring (bicyclic) bond motifs is 1. The second-order valence-electron chi connectivity index (χ2n) is 7.47. The number of carbonyl (C=O) groups is 1. The molecular weight excluding hydrogens is 424 g/mol. The van der Waals surface area contributed by atoms with Crippen LogP contribution >= 0.6 is 0 Å². The number of anilines is 2. The summed E-state index contributed by atoms with van der Waals surface area (Å²) in [4.78, 5) is 28.8. The monoisotopic (exact) mass is 446 g/mol. The Labute approximate surface area is 189 Å². The van der Waals surface area contributed by atoms with E-state index in [-0.39, 0.29) is 11.9 Å². The summed E-state index contributed by atoms with van der Waals surface area (Å²) in [6.07, 6.45) is 5.32. The number of pyridine rings is 1. The van der Waals surface area contributed by atoms with Gasteiger partial charge in [-0.3, -0.25) is 9.78 Å². The van der Waals surface area contributed by atoms with E-state index in [1.807, 2.05) is 18.3 Å². The molecule has 0 radical (unpaired) electrons. The first-order valence-electron chi connectivity index (χ1n) is 10.3. The molecule has 3 N–H and O–H groups in total. The first kappa shape index (κ1) is 20.7. The van der Waals surface area contributed by atoms with Crippen molar-refractivity contribution in [1.82, 2.24) is 25.3 Å². The number of aromatic amines is 1. The first-order valence-corrected chi connectivity index (χ1v) is 10.3. The van der Waals surface area contributed by atoms with Crippen LogP contribution in [0, 0.1) is 0 Å². The highest BCUT2D eigenvalue weighted by molar-refractivity contribution is 5.98. The summed E-state index contributed by atoms with van der Waals surface area (Å²) < 4.78 is 16.2. The average molecular weight is 446 g/mol. The molecule has 0 saturated carbocycles. The standard InChI is InChI=1S/C23H22N6O4/c1-31-18-9-14(21(30)26-15-11-33-12-15)3-4-17(18)27-23-28-20-19(22(29-23)32-2)16(10-25-20)13-5-7-24-8-6-13/h3-10,15H,11-12H2,1-2H3,(H,26,30)(H2,25,27,28,29). The van der Waals surface area contributed by atoms with Crippen LogP contribution in [0.5, 0.6) is 11.6 Å². The van der Waals surface area contributed by atoms with Gasteiger partial charge in [0.1, 0.15) is 11.4 Å². The molecule has 5 rings (SSSR count). The van der Waals surface area contributed by atoms with Gasteiger partial charge in [0.15, 0.2) is 0 Å². The number of nitrogens with zero attached hydrogens (tertiary/aromatic N) is 3. The quantitative estimate of drug-likeness (QED) is 0.396. The van der Waals surface area contributed by atoms with Crippen LogP contribution in [0.25, 0.3) is 22.2 Å². The predicted octanol–water partition coefficient (Wildman–Crippen LogP) is 2.91. The third kappa shape index (κ3) is 4.03. The number of benzene rings is 1. The van der Waals surface area contributed by atoms with Gasteiger partial charge in [0.25, 0.3) is 5.91 Å². The molecule has 0 aliphatic carbocycles. The van der Waals surface area contributed by atoms with Gasteiger partial charge in [-0.05, 0) is 35.9 Å². The van der Waals surface area contributed by atoms with Crippen molar-refractivity contribution in [2.75, 3.05) is 32.8 Å². The second kappa shape index (κ2) is 8.75. The van der Waals surface area contributed by atoms with E-state index in [1.165, 1.54) is 0 Å². The van der Waals surface area contributed by atoms with Gasteiger partial charge in [-0.15, -0.1) is 0 Å². The molecule has 0 atom stereocenters. The van der Waals surface area contributed by atoms with Crippen molar-refractivity contribution in [1.29, 1.82) is 0 Å². The van der Waals surface area contributed by atoms with E-state index in [9.17, 15) is 4.79 Å². The fraction of sp³-hybridized carbons (Fsp3) is 0.217. The summed E-state index contributed by atoms with van der Waals surface area (Å²) in [5, 5.41) is 6.85. The Morgan fingerprint density at radius 3 is 2.64 bits per heavy atom. The number of hydrogen-bond donors (Lipinski definition) is 3. The van der Waals surface area contributed by atoms with Gasteiger partial charge >= 0.3 is 0 Å². The number of rotatable bonds is 7. The van der Waals surface area contributed by atoms with Gasteiger partial charge in [0.2, 0.25) is 11.8 Å². The Kier molecular flexibility index (Phi) is 5.49. The van der Waals surface area contributed by atoms with Gasteiger partial charge in [-0.25, -0.2) is 0 Å². The molecular formula is C23H22N6O4. The minimum atomic E-state index is -0.178. The van der Waals surface area contributed by atoms with Crippen molar-refractivity contribution in [3.05, 3.63) is 54.5 Å². The summed E-state index contributed by atoms with van der Waals surface area (Å²) in [6.45, 7) is 1.07. The lowest BCUT2D eigenvalue weighted by molar-refractivity contribution is -0.00346. The summed E-state index contributed by atoms with van der Waals surface area (Å²) in [5.41, 5.74) is 3.62. The topological polar surface area (TPSA) is 123 Å². The highest BCUT2D eigenvalue weighted by Gasteiger charge is 2.22. The van der Waals surface area contributed by atoms with Crippen molar-refractivity contribution in [3.8, 4) is 22.8 Å². The van der Waals surface area contributed by atoms with Crippen molar-refractivity contribution in [2.45, 2.75) is 6.04 Å². The fourth-order valence-corrected chi connectivity index (χ4v) is 3.61. The third-order valence-electron chi connectivity index (χ3n) is 5.37. The normalized spacial score (nSPS) is 13.4. The Balaban J connectivity index is 1.44. The SMILES string of the molecule is COc1cc(C(=O)NC2COC2)ccc1Nc1nc(OC)c2c(-c3ccncc3)c[nH]c2n1. The lowest BCUT2D eigenvalue weighted by atomic mass is 10.1. The number of aromatic nitrogens is 4. The van der Waals surface area contributed by atoms with Crippen LogP contribution in [-0.2, 0) is 4.74 Å². The van der Waals surface area contributed by atoms with Crippen molar-refractivity contribution in [2.24, 2.45) is 0 Å². The van der Waals surface area contributed by atoms with Gasteiger partial charge in [-0.2, -0.15) is 9.97 Å². The Morgan fingerprint density at radius 1 is 1.12 bits per heavy atom. The lowest BCUT2D eigenvalue weighted by Crippen LogP contribution is -2.48. The molecule has 1 aromatic carbocycles.